The van der Waals surface area contributed by atoms with Crippen molar-refractivity contribution in [2.45, 2.75) is 53.6 Å². The van der Waals surface area contributed by atoms with Crippen molar-refractivity contribution in [2.75, 3.05) is 72.0 Å². The van der Waals surface area contributed by atoms with E-state index in [2.05, 4.69) is 26.4 Å². The van der Waals surface area contributed by atoms with E-state index in [0.29, 0.717) is 64.8 Å². The average Bonchev–Trinajstić information content (AvgIpc) is 3.44. The number of amidine groups is 1. The van der Waals surface area contributed by atoms with Crippen LogP contribution in [0.15, 0.2) is 17.4 Å². The average molecular weight is 550 g/mol. The lowest BCUT2D eigenvalue weighted by Gasteiger charge is -2.25. The molecule has 208 valence electrons. The molecular formula is C23H45N5O6P2. The highest BCUT2D eigenvalue weighted by Gasteiger charge is 2.25. The van der Waals surface area contributed by atoms with Crippen LogP contribution in [0.25, 0.3) is 0 Å². The molecule has 1 aromatic heterocycles. The molecule has 0 saturated heterocycles. The van der Waals surface area contributed by atoms with Gasteiger partial charge in [0.15, 0.2) is 0 Å². The molecule has 1 aliphatic heterocycles. The molecule has 0 amide bonds. The van der Waals surface area contributed by atoms with Crippen LogP contribution in [0.2, 0.25) is 0 Å². The van der Waals surface area contributed by atoms with Crippen LogP contribution in [0.3, 0.4) is 0 Å². The van der Waals surface area contributed by atoms with Gasteiger partial charge in [-0.2, -0.15) is 0 Å². The number of aliphatic imine (C=N–C) groups is 1. The van der Waals surface area contributed by atoms with E-state index in [0.717, 1.165) is 37.7 Å². The molecule has 2 heterocycles. The lowest BCUT2D eigenvalue weighted by molar-refractivity contribution is 0.218. The summed E-state index contributed by atoms with van der Waals surface area (Å²) in [5.74, 6) is 1.98. The van der Waals surface area contributed by atoms with Crippen LogP contribution < -0.4 is 0 Å². The monoisotopic (exact) mass is 549 g/mol. The van der Waals surface area contributed by atoms with Gasteiger partial charge in [-0.25, -0.2) is 4.98 Å². The Labute approximate surface area is 216 Å². The molecule has 0 fully saturated rings. The van der Waals surface area contributed by atoms with Crippen LogP contribution in [0.5, 0.6) is 0 Å². The number of hydrogen-bond donors (Lipinski definition) is 0. The highest BCUT2D eigenvalue weighted by Crippen LogP contribution is 2.49. The quantitative estimate of drug-likeness (QED) is 0.220. The summed E-state index contributed by atoms with van der Waals surface area (Å²) in [5, 5.41) is 0. The Morgan fingerprint density at radius 3 is 2.00 bits per heavy atom. The van der Waals surface area contributed by atoms with Crippen LogP contribution in [-0.2, 0) is 40.3 Å². The van der Waals surface area contributed by atoms with Gasteiger partial charge in [-0.15, -0.1) is 0 Å². The number of rotatable bonds is 20. The Morgan fingerprint density at radius 2 is 1.44 bits per heavy atom. The van der Waals surface area contributed by atoms with Gasteiger partial charge < -0.3 is 27.6 Å². The van der Waals surface area contributed by atoms with Crippen molar-refractivity contribution >= 4 is 21.0 Å². The third-order valence-electron chi connectivity index (χ3n) is 5.65. The molecule has 0 spiro atoms. The van der Waals surface area contributed by atoms with E-state index in [-0.39, 0.29) is 0 Å². The van der Waals surface area contributed by atoms with E-state index in [4.69, 9.17) is 23.1 Å². The molecular weight excluding hydrogens is 504 g/mol. The molecule has 2 rings (SSSR count). The van der Waals surface area contributed by atoms with Gasteiger partial charge in [0.05, 0.1) is 58.4 Å². The van der Waals surface area contributed by atoms with Crippen molar-refractivity contribution in [1.82, 2.24) is 19.4 Å². The molecule has 1 aromatic rings. The minimum Gasteiger partial charge on any atom is -0.357 e. The Morgan fingerprint density at radius 1 is 0.889 bits per heavy atom. The fourth-order valence-electron chi connectivity index (χ4n) is 4.16. The summed E-state index contributed by atoms with van der Waals surface area (Å²) in [5.41, 5.74) is 0. The maximum atomic E-state index is 12.7. The summed E-state index contributed by atoms with van der Waals surface area (Å²) in [6.45, 7) is 13.3. The van der Waals surface area contributed by atoms with E-state index in [1.807, 2.05) is 33.9 Å². The fourth-order valence-corrected chi connectivity index (χ4v) is 7.46. The summed E-state index contributed by atoms with van der Waals surface area (Å²) in [7, 11) is -4.00. The summed E-state index contributed by atoms with van der Waals surface area (Å²) in [6, 6.07) is 0. The number of likely N-dealkylation sites (N-methyl/N-ethyl adjacent to an activating group) is 1. The molecule has 1 aliphatic rings. The zero-order chi connectivity index (χ0) is 26.4. The van der Waals surface area contributed by atoms with E-state index in [1.54, 1.807) is 6.20 Å². The van der Waals surface area contributed by atoms with Gasteiger partial charge in [-0.05, 0) is 47.6 Å². The molecule has 0 unspecified atom stereocenters. The standard InChI is InChI=1S/C23H45N5O6P2/c1-6-31-35(29,32-7-2)18-10-14-27-16-12-24-22(27)20-26(5)21-23-25-13-17-28(23)15-11-19-36(30,33-8-3)34-9-4/h12,16H,6-11,13-15,17-21H2,1-5H3. The van der Waals surface area contributed by atoms with E-state index in [1.165, 1.54) is 0 Å². The second-order valence-electron chi connectivity index (χ2n) is 8.54. The first-order valence-corrected chi connectivity index (χ1v) is 16.5. The van der Waals surface area contributed by atoms with Crippen molar-refractivity contribution < 1.29 is 27.2 Å². The van der Waals surface area contributed by atoms with Crippen molar-refractivity contribution in [1.29, 1.82) is 0 Å². The Kier molecular flexibility index (Phi) is 13.9. The van der Waals surface area contributed by atoms with Gasteiger partial charge in [0.25, 0.3) is 0 Å². The summed E-state index contributed by atoms with van der Waals surface area (Å²) in [6.07, 6.45) is 5.93. The fraction of sp³-hybridized carbons (Fsp3) is 0.826. The zero-order valence-corrected chi connectivity index (χ0v) is 24.4. The van der Waals surface area contributed by atoms with Crippen LogP contribution in [0.1, 0.15) is 46.4 Å². The second-order valence-corrected chi connectivity index (χ2v) is 12.9. The minimum atomic E-state index is -3.03. The third-order valence-corrected chi connectivity index (χ3v) is 9.98. The first kappa shape index (κ1) is 31.2. The van der Waals surface area contributed by atoms with Crippen LogP contribution in [-0.4, -0.2) is 97.2 Å². The summed E-state index contributed by atoms with van der Waals surface area (Å²) >= 11 is 0. The van der Waals surface area contributed by atoms with E-state index >= 15 is 0 Å². The van der Waals surface area contributed by atoms with Gasteiger partial charge >= 0.3 is 15.2 Å². The Hall–Kier alpha value is -1.06. The smallest absolute Gasteiger partial charge is 0.330 e. The number of imidazole rings is 1. The molecule has 0 bridgehead atoms. The largest absolute Gasteiger partial charge is 0.357 e. The van der Waals surface area contributed by atoms with Gasteiger partial charge in [0.2, 0.25) is 0 Å². The third kappa shape index (κ3) is 10.4. The van der Waals surface area contributed by atoms with E-state index < -0.39 is 15.2 Å². The molecule has 36 heavy (non-hydrogen) atoms. The van der Waals surface area contributed by atoms with Crippen molar-refractivity contribution in [2.24, 2.45) is 4.99 Å². The molecule has 13 heteroatoms. The molecule has 0 radical (unpaired) electrons. The number of aromatic nitrogens is 2. The molecule has 0 aromatic carbocycles. The maximum Gasteiger partial charge on any atom is 0.330 e. The highest BCUT2D eigenvalue weighted by molar-refractivity contribution is 7.54. The van der Waals surface area contributed by atoms with Crippen LogP contribution >= 0.6 is 15.2 Å². The zero-order valence-electron chi connectivity index (χ0n) is 22.6. The summed E-state index contributed by atoms with van der Waals surface area (Å²) < 4.78 is 49.1. The lowest BCUT2D eigenvalue weighted by Crippen LogP contribution is -2.37. The first-order chi connectivity index (χ1) is 17.3. The molecule has 0 N–H and O–H groups in total. The predicted octanol–water partition coefficient (Wildman–Crippen LogP) is 4.34. The maximum absolute atomic E-state index is 12.7. The van der Waals surface area contributed by atoms with Gasteiger partial charge in [0, 0.05) is 32.0 Å². The van der Waals surface area contributed by atoms with Crippen molar-refractivity contribution in [3.63, 3.8) is 0 Å². The topological polar surface area (TPSA) is 108 Å². The molecule has 0 aliphatic carbocycles. The minimum absolute atomic E-state index is 0.373. The normalized spacial score (nSPS) is 14.7. The van der Waals surface area contributed by atoms with Gasteiger partial charge in [0.1, 0.15) is 11.7 Å². The SMILES string of the molecule is CCOP(=O)(CCCN1CCN=C1CN(C)Cc1nccn1CCCP(=O)(OCC)OCC)OCC. The Balaban J connectivity index is 1.83. The first-order valence-electron chi connectivity index (χ1n) is 13.0. The second kappa shape index (κ2) is 16.0. The van der Waals surface area contributed by atoms with Crippen LogP contribution in [0, 0.1) is 0 Å². The highest BCUT2D eigenvalue weighted by atomic mass is 31.2. The Bertz CT molecular complexity index is 876. The van der Waals surface area contributed by atoms with Gasteiger partial charge in [-0.3, -0.25) is 19.0 Å². The lowest BCUT2D eigenvalue weighted by atomic mass is 10.3. The number of aryl methyl sites for hydroxylation is 1. The van der Waals surface area contributed by atoms with Gasteiger partial charge in [-0.1, -0.05) is 0 Å². The van der Waals surface area contributed by atoms with Crippen molar-refractivity contribution in [3.05, 3.63) is 18.2 Å². The summed E-state index contributed by atoms with van der Waals surface area (Å²) in [4.78, 5) is 13.7. The molecule has 0 saturated carbocycles. The predicted molar refractivity (Wildman–Crippen MR) is 143 cm³/mol. The number of hydrogen-bond acceptors (Lipinski definition) is 10. The van der Waals surface area contributed by atoms with Crippen LogP contribution in [0.4, 0.5) is 0 Å². The number of nitrogens with zero attached hydrogens (tertiary/aromatic N) is 5. The van der Waals surface area contributed by atoms with Crippen molar-refractivity contribution in [3.8, 4) is 0 Å². The molecule has 11 nitrogen and oxygen atoms in total. The van der Waals surface area contributed by atoms with E-state index in [9.17, 15) is 9.13 Å². The molecule has 0 atom stereocenters.